The van der Waals surface area contributed by atoms with Crippen LogP contribution >= 0.6 is 0 Å². The van der Waals surface area contributed by atoms with Gasteiger partial charge in [0.05, 0.1) is 27.7 Å². The van der Waals surface area contributed by atoms with Gasteiger partial charge in [-0.1, -0.05) is 6.07 Å². The molecule has 0 spiro atoms. The molecule has 0 aliphatic heterocycles. The molecule has 3 aromatic rings. The summed E-state index contributed by atoms with van der Waals surface area (Å²) in [5, 5.41) is 0. The average molecular weight is 346 g/mol. The van der Waals surface area contributed by atoms with Crippen molar-refractivity contribution in [3.05, 3.63) is 69.0 Å². The van der Waals surface area contributed by atoms with Crippen molar-refractivity contribution in [1.29, 1.82) is 0 Å². The molecule has 3 rings (SSSR count). The highest BCUT2D eigenvalue weighted by molar-refractivity contribution is 7.89. The molecule has 0 saturated carbocycles. The van der Waals surface area contributed by atoms with Crippen LogP contribution in [0.5, 0.6) is 0 Å². The van der Waals surface area contributed by atoms with Crippen molar-refractivity contribution < 1.29 is 8.42 Å². The standard InChI is InChI=1S/C15H14N4O4S/c1-9(11-4-2-3-7-16-11)19-24(22,23)10-5-6-12-13(8-10)18-15(21)14(20)17-12/h2-9,19H,1H3,(H,17,20)(H,18,21)/t9-/m0/s1. The lowest BCUT2D eigenvalue weighted by Crippen LogP contribution is -2.29. The minimum Gasteiger partial charge on any atom is -0.316 e. The lowest BCUT2D eigenvalue weighted by molar-refractivity contribution is 0.564. The number of nitrogens with one attached hydrogen (secondary N) is 3. The van der Waals surface area contributed by atoms with E-state index in [1.807, 2.05) is 0 Å². The fraction of sp³-hybridized carbons (Fsp3) is 0.133. The zero-order chi connectivity index (χ0) is 17.3. The SMILES string of the molecule is C[C@H](NS(=O)(=O)c1ccc2[nH]c(=O)c(=O)[nH]c2c1)c1ccccn1. The zero-order valence-electron chi connectivity index (χ0n) is 12.6. The van der Waals surface area contributed by atoms with Crippen molar-refractivity contribution in [1.82, 2.24) is 19.7 Å². The van der Waals surface area contributed by atoms with Crippen LogP contribution in [0.15, 0.2) is 57.1 Å². The van der Waals surface area contributed by atoms with Gasteiger partial charge in [0.2, 0.25) is 10.0 Å². The molecule has 24 heavy (non-hydrogen) atoms. The van der Waals surface area contributed by atoms with E-state index >= 15 is 0 Å². The molecule has 0 saturated heterocycles. The quantitative estimate of drug-likeness (QED) is 0.598. The molecule has 8 nitrogen and oxygen atoms in total. The van der Waals surface area contributed by atoms with Gasteiger partial charge in [-0.3, -0.25) is 14.6 Å². The van der Waals surface area contributed by atoms with Crippen molar-refractivity contribution in [3.63, 3.8) is 0 Å². The van der Waals surface area contributed by atoms with Crippen LogP contribution in [0.25, 0.3) is 11.0 Å². The predicted octanol–water partition coefficient (Wildman–Crippen LogP) is 0.651. The first-order chi connectivity index (χ1) is 11.4. The van der Waals surface area contributed by atoms with E-state index in [0.717, 1.165) is 0 Å². The number of fused-ring (bicyclic) bond motifs is 1. The molecule has 1 aromatic carbocycles. The number of benzene rings is 1. The fourth-order valence-corrected chi connectivity index (χ4v) is 3.50. The highest BCUT2D eigenvalue weighted by Crippen LogP contribution is 2.17. The molecule has 0 radical (unpaired) electrons. The number of hydrogen-bond acceptors (Lipinski definition) is 5. The minimum absolute atomic E-state index is 0.0273. The molecule has 0 aliphatic carbocycles. The first kappa shape index (κ1) is 16.1. The van der Waals surface area contributed by atoms with E-state index in [1.54, 1.807) is 31.3 Å². The van der Waals surface area contributed by atoms with E-state index in [2.05, 4.69) is 19.7 Å². The van der Waals surface area contributed by atoms with E-state index in [4.69, 9.17) is 0 Å². The van der Waals surface area contributed by atoms with Gasteiger partial charge in [-0.2, -0.15) is 0 Å². The third-order valence-electron chi connectivity index (χ3n) is 3.47. The van der Waals surface area contributed by atoms with Gasteiger partial charge in [-0.25, -0.2) is 13.1 Å². The van der Waals surface area contributed by atoms with Gasteiger partial charge in [0.15, 0.2) is 0 Å². The maximum absolute atomic E-state index is 12.5. The molecule has 0 fully saturated rings. The number of nitrogens with zero attached hydrogens (tertiary/aromatic N) is 1. The van der Waals surface area contributed by atoms with Crippen LogP contribution in [0.3, 0.4) is 0 Å². The number of H-pyrrole nitrogens is 2. The highest BCUT2D eigenvalue weighted by Gasteiger charge is 2.19. The fourth-order valence-electron chi connectivity index (χ4n) is 2.25. The Hall–Kier alpha value is -2.78. The Balaban J connectivity index is 1.97. The average Bonchev–Trinajstić information content (AvgIpc) is 2.56. The Morgan fingerprint density at radius 3 is 2.42 bits per heavy atom. The van der Waals surface area contributed by atoms with Crippen molar-refractivity contribution in [2.75, 3.05) is 0 Å². The Bertz CT molecular complexity index is 1100. The first-order valence-corrected chi connectivity index (χ1v) is 8.55. The topological polar surface area (TPSA) is 125 Å². The Labute approximate surface area is 136 Å². The van der Waals surface area contributed by atoms with Crippen molar-refractivity contribution >= 4 is 21.1 Å². The number of aromatic amines is 2. The number of pyridine rings is 1. The molecule has 0 amide bonds. The van der Waals surface area contributed by atoms with Gasteiger partial charge in [-0.15, -0.1) is 0 Å². The molecule has 124 valence electrons. The molecule has 0 bridgehead atoms. The van der Waals surface area contributed by atoms with Crippen molar-refractivity contribution in [2.24, 2.45) is 0 Å². The molecular formula is C15H14N4O4S. The molecular weight excluding hydrogens is 332 g/mol. The monoisotopic (exact) mass is 346 g/mol. The zero-order valence-corrected chi connectivity index (χ0v) is 13.4. The third-order valence-corrected chi connectivity index (χ3v) is 5.01. The van der Waals surface area contributed by atoms with E-state index in [0.29, 0.717) is 11.2 Å². The normalized spacial score (nSPS) is 13.0. The summed E-state index contributed by atoms with van der Waals surface area (Å²) >= 11 is 0. The van der Waals surface area contributed by atoms with E-state index < -0.39 is 27.2 Å². The number of rotatable bonds is 4. The van der Waals surface area contributed by atoms with Crippen LogP contribution in [0, 0.1) is 0 Å². The maximum atomic E-state index is 12.5. The van der Waals surface area contributed by atoms with Crippen LogP contribution in [-0.4, -0.2) is 23.4 Å². The highest BCUT2D eigenvalue weighted by atomic mass is 32.2. The Morgan fingerprint density at radius 2 is 1.75 bits per heavy atom. The molecule has 2 aromatic heterocycles. The Kier molecular flexibility index (Phi) is 4.04. The van der Waals surface area contributed by atoms with Gasteiger partial charge < -0.3 is 9.97 Å². The van der Waals surface area contributed by atoms with Gasteiger partial charge in [0.25, 0.3) is 0 Å². The summed E-state index contributed by atoms with van der Waals surface area (Å²) in [6, 6.07) is 8.77. The second kappa shape index (κ2) is 6.02. The largest absolute Gasteiger partial charge is 0.316 e. The van der Waals surface area contributed by atoms with Gasteiger partial charge >= 0.3 is 11.1 Å². The van der Waals surface area contributed by atoms with Crippen LogP contribution in [0.2, 0.25) is 0 Å². The van der Waals surface area contributed by atoms with Crippen molar-refractivity contribution in [2.45, 2.75) is 17.9 Å². The molecule has 9 heteroatoms. The lowest BCUT2D eigenvalue weighted by atomic mass is 10.2. The summed E-state index contributed by atoms with van der Waals surface area (Å²) in [6.45, 7) is 1.68. The Morgan fingerprint density at radius 1 is 1.04 bits per heavy atom. The summed E-state index contributed by atoms with van der Waals surface area (Å²) in [7, 11) is -3.83. The van der Waals surface area contributed by atoms with E-state index in [1.165, 1.54) is 18.2 Å². The molecule has 0 aliphatic rings. The summed E-state index contributed by atoms with van der Waals surface area (Å²) in [5.74, 6) is 0. The summed E-state index contributed by atoms with van der Waals surface area (Å²) in [4.78, 5) is 31.5. The van der Waals surface area contributed by atoms with E-state index in [-0.39, 0.29) is 10.4 Å². The van der Waals surface area contributed by atoms with Crippen LogP contribution in [0.4, 0.5) is 0 Å². The first-order valence-electron chi connectivity index (χ1n) is 7.06. The lowest BCUT2D eigenvalue weighted by Gasteiger charge is -2.14. The molecule has 1 atom stereocenters. The number of aromatic nitrogens is 3. The second-order valence-electron chi connectivity index (χ2n) is 5.21. The smallest absolute Gasteiger partial charge is 0.314 e. The maximum Gasteiger partial charge on any atom is 0.314 e. The van der Waals surface area contributed by atoms with Crippen LogP contribution in [-0.2, 0) is 10.0 Å². The van der Waals surface area contributed by atoms with Gasteiger partial charge in [0, 0.05) is 6.20 Å². The molecule has 3 N–H and O–H groups in total. The minimum atomic E-state index is -3.83. The third kappa shape index (κ3) is 3.12. The number of sulfonamides is 1. The van der Waals surface area contributed by atoms with Crippen molar-refractivity contribution in [3.8, 4) is 0 Å². The predicted molar refractivity (Wildman–Crippen MR) is 88.2 cm³/mol. The molecule has 0 unspecified atom stereocenters. The van der Waals surface area contributed by atoms with Crippen LogP contribution in [0.1, 0.15) is 18.7 Å². The van der Waals surface area contributed by atoms with Crippen LogP contribution < -0.4 is 15.8 Å². The van der Waals surface area contributed by atoms with E-state index in [9.17, 15) is 18.0 Å². The second-order valence-corrected chi connectivity index (χ2v) is 6.93. The summed E-state index contributed by atoms with van der Waals surface area (Å²) in [5.41, 5.74) is -0.476. The van der Waals surface area contributed by atoms with Gasteiger partial charge in [0.1, 0.15) is 0 Å². The summed E-state index contributed by atoms with van der Waals surface area (Å²) < 4.78 is 27.5. The molecule has 2 heterocycles. The summed E-state index contributed by atoms with van der Waals surface area (Å²) in [6.07, 6.45) is 1.58. The number of hydrogen-bond donors (Lipinski definition) is 3. The van der Waals surface area contributed by atoms with Gasteiger partial charge in [-0.05, 0) is 37.3 Å².